The molecule has 0 atom stereocenters. The number of nitrogens with zero attached hydrogens (tertiary/aromatic N) is 3. The number of halogens is 1. The monoisotopic (exact) mass is 278 g/mol. The molecule has 0 saturated heterocycles. The van der Waals surface area contributed by atoms with Crippen molar-refractivity contribution in [2.45, 2.75) is 26.4 Å². The van der Waals surface area contributed by atoms with Crippen molar-refractivity contribution in [2.24, 2.45) is 0 Å². The molecule has 106 valence electrons. The van der Waals surface area contributed by atoms with E-state index < -0.39 is 10.7 Å². The first kappa shape index (κ1) is 14.0. The molecule has 0 spiro atoms. The SMILES string of the molecule is CCCn1nccc1CNc1cc(F)ccc1[N+](=O)[O-]. The Morgan fingerprint density at radius 3 is 2.95 bits per heavy atom. The molecule has 2 rings (SSSR count). The molecule has 0 saturated carbocycles. The van der Waals surface area contributed by atoms with Crippen LogP contribution in [0.2, 0.25) is 0 Å². The summed E-state index contributed by atoms with van der Waals surface area (Å²) in [5.74, 6) is -0.514. The Morgan fingerprint density at radius 2 is 2.25 bits per heavy atom. The molecule has 1 heterocycles. The lowest BCUT2D eigenvalue weighted by Crippen LogP contribution is -2.10. The van der Waals surface area contributed by atoms with E-state index in [9.17, 15) is 14.5 Å². The minimum Gasteiger partial charge on any atom is -0.374 e. The van der Waals surface area contributed by atoms with Crippen LogP contribution in [0.1, 0.15) is 19.0 Å². The molecule has 0 bridgehead atoms. The third kappa shape index (κ3) is 3.11. The minimum atomic E-state index is -0.537. The van der Waals surface area contributed by atoms with E-state index >= 15 is 0 Å². The molecule has 2 aromatic rings. The molecule has 0 aliphatic carbocycles. The third-order valence-corrected chi connectivity index (χ3v) is 2.86. The first-order chi connectivity index (χ1) is 9.61. The number of anilines is 1. The van der Waals surface area contributed by atoms with Gasteiger partial charge in [0.05, 0.1) is 17.2 Å². The smallest absolute Gasteiger partial charge is 0.292 e. The predicted octanol–water partition coefficient (Wildman–Crippen LogP) is 2.95. The molecule has 20 heavy (non-hydrogen) atoms. The molecular weight excluding hydrogens is 263 g/mol. The maximum absolute atomic E-state index is 13.2. The molecular formula is C13H15FN4O2. The number of rotatable bonds is 6. The van der Waals surface area contributed by atoms with Crippen LogP contribution in [0.3, 0.4) is 0 Å². The van der Waals surface area contributed by atoms with Crippen molar-refractivity contribution in [2.75, 3.05) is 5.32 Å². The Kier molecular flexibility index (Phi) is 4.29. The summed E-state index contributed by atoms with van der Waals surface area (Å²) < 4.78 is 15.0. The van der Waals surface area contributed by atoms with E-state index in [1.54, 1.807) is 6.20 Å². The number of hydrogen-bond donors (Lipinski definition) is 1. The van der Waals surface area contributed by atoms with E-state index in [1.165, 1.54) is 0 Å². The zero-order chi connectivity index (χ0) is 14.5. The second-order valence-corrected chi connectivity index (χ2v) is 4.32. The topological polar surface area (TPSA) is 73.0 Å². The van der Waals surface area contributed by atoms with Crippen LogP contribution in [0.15, 0.2) is 30.5 Å². The molecule has 1 aromatic heterocycles. The lowest BCUT2D eigenvalue weighted by molar-refractivity contribution is -0.384. The fraction of sp³-hybridized carbons (Fsp3) is 0.308. The summed E-state index contributed by atoms with van der Waals surface area (Å²) in [6.45, 7) is 3.16. The maximum Gasteiger partial charge on any atom is 0.292 e. The summed E-state index contributed by atoms with van der Waals surface area (Å²) in [5, 5.41) is 17.9. The van der Waals surface area contributed by atoms with Crippen LogP contribution >= 0.6 is 0 Å². The zero-order valence-corrected chi connectivity index (χ0v) is 11.0. The lowest BCUT2D eigenvalue weighted by Gasteiger charge is -2.09. The second-order valence-electron chi connectivity index (χ2n) is 4.32. The number of hydrogen-bond acceptors (Lipinski definition) is 4. The van der Waals surface area contributed by atoms with Gasteiger partial charge in [-0.25, -0.2) is 4.39 Å². The van der Waals surface area contributed by atoms with Gasteiger partial charge in [-0.3, -0.25) is 14.8 Å². The van der Waals surface area contributed by atoms with Gasteiger partial charge in [0.2, 0.25) is 0 Å². The molecule has 0 aliphatic heterocycles. The summed E-state index contributed by atoms with van der Waals surface area (Å²) in [6, 6.07) is 5.18. The predicted molar refractivity (Wildman–Crippen MR) is 72.9 cm³/mol. The van der Waals surface area contributed by atoms with Gasteiger partial charge >= 0.3 is 0 Å². The number of nitro groups is 1. The van der Waals surface area contributed by atoms with Crippen LogP contribution in [0, 0.1) is 15.9 Å². The summed E-state index contributed by atoms with van der Waals surface area (Å²) in [7, 11) is 0. The van der Waals surface area contributed by atoms with E-state index in [4.69, 9.17) is 0 Å². The van der Waals surface area contributed by atoms with Gasteiger partial charge in [-0.05, 0) is 18.6 Å². The average Bonchev–Trinajstić information content (AvgIpc) is 2.84. The highest BCUT2D eigenvalue weighted by Gasteiger charge is 2.14. The molecule has 0 aliphatic rings. The van der Waals surface area contributed by atoms with Crippen molar-refractivity contribution in [3.05, 3.63) is 52.1 Å². The standard InChI is InChI=1S/C13H15FN4O2/c1-2-7-17-11(5-6-16-17)9-15-12-8-10(14)3-4-13(12)18(19)20/h3-6,8,15H,2,7,9H2,1H3. The van der Waals surface area contributed by atoms with E-state index in [2.05, 4.69) is 10.4 Å². The Hall–Kier alpha value is -2.44. The molecule has 1 aromatic carbocycles. The van der Waals surface area contributed by atoms with Gasteiger partial charge in [0, 0.05) is 24.9 Å². The Labute approximate surface area is 115 Å². The van der Waals surface area contributed by atoms with Crippen molar-refractivity contribution in [3.63, 3.8) is 0 Å². The molecule has 6 nitrogen and oxygen atoms in total. The van der Waals surface area contributed by atoms with Gasteiger partial charge in [0.25, 0.3) is 5.69 Å². The van der Waals surface area contributed by atoms with Crippen molar-refractivity contribution < 1.29 is 9.31 Å². The van der Waals surface area contributed by atoms with Crippen LogP contribution in [0.25, 0.3) is 0 Å². The van der Waals surface area contributed by atoms with Crippen molar-refractivity contribution in [3.8, 4) is 0 Å². The number of benzene rings is 1. The van der Waals surface area contributed by atoms with Crippen LogP contribution in [-0.2, 0) is 13.1 Å². The lowest BCUT2D eigenvalue weighted by atomic mass is 10.2. The maximum atomic E-state index is 13.2. The van der Waals surface area contributed by atoms with Crippen LogP contribution in [-0.4, -0.2) is 14.7 Å². The quantitative estimate of drug-likeness (QED) is 0.651. The number of aryl methyl sites for hydroxylation is 1. The van der Waals surface area contributed by atoms with Crippen LogP contribution < -0.4 is 5.32 Å². The Morgan fingerprint density at radius 1 is 1.45 bits per heavy atom. The second kappa shape index (κ2) is 6.14. The van der Waals surface area contributed by atoms with E-state index in [0.717, 1.165) is 36.9 Å². The van der Waals surface area contributed by atoms with Crippen molar-refractivity contribution in [1.29, 1.82) is 0 Å². The zero-order valence-electron chi connectivity index (χ0n) is 11.0. The average molecular weight is 278 g/mol. The molecule has 0 amide bonds. The van der Waals surface area contributed by atoms with Gasteiger partial charge in [-0.1, -0.05) is 6.92 Å². The molecule has 0 fully saturated rings. The summed E-state index contributed by atoms with van der Waals surface area (Å²) >= 11 is 0. The first-order valence-electron chi connectivity index (χ1n) is 6.30. The fourth-order valence-electron chi connectivity index (χ4n) is 1.92. The highest BCUT2D eigenvalue weighted by atomic mass is 19.1. The van der Waals surface area contributed by atoms with E-state index in [1.807, 2.05) is 17.7 Å². The molecule has 0 radical (unpaired) electrons. The Balaban J connectivity index is 2.16. The van der Waals surface area contributed by atoms with Gasteiger partial charge in [0.1, 0.15) is 11.5 Å². The third-order valence-electron chi connectivity index (χ3n) is 2.86. The number of aromatic nitrogens is 2. The van der Waals surface area contributed by atoms with Crippen molar-refractivity contribution >= 4 is 11.4 Å². The normalized spacial score (nSPS) is 10.5. The van der Waals surface area contributed by atoms with Gasteiger partial charge < -0.3 is 5.32 Å². The van der Waals surface area contributed by atoms with E-state index in [-0.39, 0.29) is 11.4 Å². The summed E-state index contributed by atoms with van der Waals surface area (Å²) in [5.41, 5.74) is 0.914. The van der Waals surface area contributed by atoms with Gasteiger partial charge in [0.15, 0.2) is 0 Å². The number of nitro benzene ring substituents is 1. The molecule has 1 N–H and O–H groups in total. The largest absolute Gasteiger partial charge is 0.374 e. The number of nitrogens with one attached hydrogen (secondary N) is 1. The van der Waals surface area contributed by atoms with Crippen LogP contribution in [0.4, 0.5) is 15.8 Å². The Bertz CT molecular complexity index is 612. The minimum absolute atomic E-state index is 0.145. The summed E-state index contributed by atoms with van der Waals surface area (Å²) in [4.78, 5) is 10.4. The fourth-order valence-corrected chi connectivity index (χ4v) is 1.92. The summed E-state index contributed by atoms with van der Waals surface area (Å²) in [6.07, 6.45) is 2.61. The molecule has 0 unspecified atom stereocenters. The van der Waals surface area contributed by atoms with Crippen molar-refractivity contribution in [1.82, 2.24) is 9.78 Å². The highest BCUT2D eigenvalue weighted by Crippen LogP contribution is 2.25. The van der Waals surface area contributed by atoms with Crippen LogP contribution in [0.5, 0.6) is 0 Å². The van der Waals surface area contributed by atoms with Gasteiger partial charge in [-0.2, -0.15) is 5.10 Å². The van der Waals surface area contributed by atoms with E-state index in [0.29, 0.717) is 6.54 Å². The molecule has 7 heteroatoms. The highest BCUT2D eigenvalue weighted by molar-refractivity contribution is 5.61. The first-order valence-corrected chi connectivity index (χ1v) is 6.30. The van der Waals surface area contributed by atoms with Gasteiger partial charge in [-0.15, -0.1) is 0 Å².